The molecule has 0 aliphatic carbocycles. The largest absolute Gasteiger partial charge is 0.398 e. The summed E-state index contributed by atoms with van der Waals surface area (Å²) in [7, 11) is -3.91. The van der Waals surface area contributed by atoms with Crippen LogP contribution < -0.4 is 10.5 Å². The number of nitrogens with two attached hydrogens (primary N) is 1. The zero-order chi connectivity index (χ0) is 15.6. The van der Waals surface area contributed by atoms with Gasteiger partial charge < -0.3 is 5.73 Å². The monoisotopic (exact) mass is 332 g/mol. The SMILES string of the molecule is Nc1ccc(S(=O)(=O)NCc2cc(F)ccc2F)cc1Cl. The van der Waals surface area contributed by atoms with Crippen LogP contribution in [0, 0.1) is 11.6 Å². The molecule has 0 radical (unpaired) electrons. The maximum atomic E-state index is 13.4. The highest BCUT2D eigenvalue weighted by Gasteiger charge is 2.16. The first-order chi connectivity index (χ1) is 9.79. The molecule has 2 aromatic carbocycles. The molecule has 0 saturated carbocycles. The average molecular weight is 333 g/mol. The number of benzene rings is 2. The van der Waals surface area contributed by atoms with Gasteiger partial charge in [-0.1, -0.05) is 11.6 Å². The molecule has 2 rings (SSSR count). The van der Waals surface area contributed by atoms with Crippen LogP contribution in [0.15, 0.2) is 41.3 Å². The Bertz CT molecular complexity index is 782. The van der Waals surface area contributed by atoms with Gasteiger partial charge in [-0.05, 0) is 36.4 Å². The Morgan fingerprint density at radius 2 is 1.86 bits per heavy atom. The van der Waals surface area contributed by atoms with E-state index in [9.17, 15) is 17.2 Å². The first-order valence-electron chi connectivity index (χ1n) is 5.78. The van der Waals surface area contributed by atoms with E-state index in [-0.39, 0.29) is 27.7 Å². The van der Waals surface area contributed by atoms with Crippen molar-refractivity contribution in [3.63, 3.8) is 0 Å². The quantitative estimate of drug-likeness (QED) is 0.845. The summed E-state index contributed by atoms with van der Waals surface area (Å²) in [6.07, 6.45) is 0. The summed E-state index contributed by atoms with van der Waals surface area (Å²) in [6.45, 7) is -0.381. The molecule has 0 atom stereocenters. The van der Waals surface area contributed by atoms with Gasteiger partial charge in [0.15, 0.2) is 0 Å². The fourth-order valence-corrected chi connectivity index (χ4v) is 2.89. The van der Waals surface area contributed by atoms with Crippen molar-refractivity contribution in [2.75, 3.05) is 5.73 Å². The number of halogens is 3. The fourth-order valence-electron chi connectivity index (χ4n) is 1.61. The Morgan fingerprint density at radius 1 is 1.14 bits per heavy atom. The molecule has 4 nitrogen and oxygen atoms in total. The lowest BCUT2D eigenvalue weighted by Gasteiger charge is -2.09. The van der Waals surface area contributed by atoms with Crippen LogP contribution in [0.5, 0.6) is 0 Å². The van der Waals surface area contributed by atoms with Crippen LogP contribution in [0.1, 0.15) is 5.56 Å². The molecule has 0 unspecified atom stereocenters. The highest BCUT2D eigenvalue weighted by Crippen LogP contribution is 2.22. The number of hydrogen-bond donors (Lipinski definition) is 2. The molecule has 0 fully saturated rings. The number of sulfonamides is 1. The predicted octanol–water partition coefficient (Wildman–Crippen LogP) is 2.68. The van der Waals surface area contributed by atoms with Gasteiger partial charge in [0, 0.05) is 12.1 Å². The van der Waals surface area contributed by atoms with Gasteiger partial charge in [0.25, 0.3) is 0 Å². The van der Waals surface area contributed by atoms with Gasteiger partial charge in [-0.2, -0.15) is 0 Å². The Morgan fingerprint density at radius 3 is 2.52 bits per heavy atom. The van der Waals surface area contributed by atoms with Gasteiger partial charge in [-0.25, -0.2) is 21.9 Å². The van der Waals surface area contributed by atoms with E-state index < -0.39 is 21.7 Å². The molecule has 0 spiro atoms. The van der Waals surface area contributed by atoms with Crippen LogP contribution in [-0.4, -0.2) is 8.42 Å². The van der Waals surface area contributed by atoms with Crippen LogP contribution >= 0.6 is 11.6 Å². The third-order valence-electron chi connectivity index (χ3n) is 2.74. The van der Waals surface area contributed by atoms with Crippen LogP contribution in [0.3, 0.4) is 0 Å². The molecule has 0 aliphatic rings. The van der Waals surface area contributed by atoms with Crippen molar-refractivity contribution in [2.45, 2.75) is 11.4 Å². The second-order valence-corrected chi connectivity index (χ2v) is 6.42. The summed E-state index contributed by atoms with van der Waals surface area (Å²) in [5, 5.41) is 0.0924. The smallest absolute Gasteiger partial charge is 0.240 e. The number of nitrogen functional groups attached to an aromatic ring is 1. The highest BCUT2D eigenvalue weighted by atomic mass is 35.5. The average Bonchev–Trinajstić information content (AvgIpc) is 2.43. The van der Waals surface area contributed by atoms with Gasteiger partial charge in [0.2, 0.25) is 10.0 Å². The molecule has 8 heteroatoms. The zero-order valence-corrected chi connectivity index (χ0v) is 12.2. The van der Waals surface area contributed by atoms with E-state index in [0.29, 0.717) is 0 Å². The molecular formula is C13H11ClF2N2O2S. The zero-order valence-electron chi connectivity index (χ0n) is 10.6. The van der Waals surface area contributed by atoms with Gasteiger partial charge >= 0.3 is 0 Å². The molecule has 112 valence electrons. The molecule has 0 aromatic heterocycles. The number of hydrogen-bond acceptors (Lipinski definition) is 3. The van der Waals surface area contributed by atoms with Crippen LogP contribution in [0.4, 0.5) is 14.5 Å². The minimum atomic E-state index is -3.91. The number of nitrogens with one attached hydrogen (secondary N) is 1. The van der Waals surface area contributed by atoms with E-state index in [1.165, 1.54) is 18.2 Å². The summed E-state index contributed by atoms with van der Waals surface area (Å²) in [5.74, 6) is -1.35. The summed E-state index contributed by atoms with van der Waals surface area (Å²) < 4.78 is 52.7. The predicted molar refractivity (Wildman–Crippen MR) is 76.2 cm³/mol. The molecule has 0 saturated heterocycles. The molecule has 0 aliphatic heterocycles. The summed E-state index contributed by atoms with van der Waals surface area (Å²) in [5.41, 5.74) is 5.64. The first-order valence-corrected chi connectivity index (χ1v) is 7.64. The lowest BCUT2D eigenvalue weighted by Crippen LogP contribution is -2.23. The normalized spacial score (nSPS) is 11.6. The van der Waals surface area contributed by atoms with Crippen LogP contribution in [0.2, 0.25) is 5.02 Å². The van der Waals surface area contributed by atoms with E-state index in [2.05, 4.69) is 4.72 Å². The molecule has 0 amide bonds. The Kier molecular flexibility index (Phi) is 4.46. The highest BCUT2D eigenvalue weighted by molar-refractivity contribution is 7.89. The van der Waals surface area contributed by atoms with Crippen molar-refractivity contribution in [1.82, 2.24) is 4.72 Å². The second kappa shape index (κ2) is 5.97. The molecule has 0 bridgehead atoms. The van der Waals surface area contributed by atoms with Crippen molar-refractivity contribution < 1.29 is 17.2 Å². The van der Waals surface area contributed by atoms with E-state index in [4.69, 9.17) is 17.3 Å². The van der Waals surface area contributed by atoms with Crippen molar-refractivity contribution in [2.24, 2.45) is 0 Å². The number of rotatable bonds is 4. The minimum Gasteiger partial charge on any atom is -0.398 e. The Labute approximate surface area is 125 Å². The molecule has 21 heavy (non-hydrogen) atoms. The van der Waals surface area contributed by atoms with Crippen LogP contribution in [-0.2, 0) is 16.6 Å². The topological polar surface area (TPSA) is 72.2 Å². The van der Waals surface area contributed by atoms with Crippen molar-refractivity contribution >= 4 is 27.3 Å². The standard InChI is InChI=1S/C13H11ClF2N2O2S/c14-11-6-10(2-4-13(11)17)21(19,20)18-7-8-5-9(15)1-3-12(8)16/h1-6,18H,7,17H2. The van der Waals surface area contributed by atoms with Gasteiger partial charge in [-0.15, -0.1) is 0 Å². The number of anilines is 1. The third-order valence-corrected chi connectivity index (χ3v) is 4.47. The van der Waals surface area contributed by atoms with Crippen molar-refractivity contribution in [3.8, 4) is 0 Å². The van der Waals surface area contributed by atoms with Gasteiger partial charge in [0.1, 0.15) is 11.6 Å². The van der Waals surface area contributed by atoms with Gasteiger partial charge in [0.05, 0.1) is 15.6 Å². The maximum absolute atomic E-state index is 13.4. The molecule has 0 heterocycles. The fraction of sp³-hybridized carbons (Fsp3) is 0.0769. The molecule has 2 aromatic rings. The van der Waals surface area contributed by atoms with E-state index in [1.54, 1.807) is 0 Å². The van der Waals surface area contributed by atoms with Crippen molar-refractivity contribution in [1.29, 1.82) is 0 Å². The van der Waals surface area contributed by atoms with Crippen LogP contribution in [0.25, 0.3) is 0 Å². The third kappa shape index (κ3) is 3.69. The first kappa shape index (κ1) is 15.7. The maximum Gasteiger partial charge on any atom is 0.240 e. The summed E-state index contributed by atoms with van der Waals surface area (Å²) in [4.78, 5) is -0.112. The van der Waals surface area contributed by atoms with E-state index in [0.717, 1.165) is 18.2 Å². The Balaban J connectivity index is 2.21. The summed E-state index contributed by atoms with van der Waals surface area (Å²) >= 11 is 5.76. The molecular weight excluding hydrogens is 322 g/mol. The Hall–Kier alpha value is -1.70. The van der Waals surface area contributed by atoms with E-state index in [1.807, 2.05) is 0 Å². The lowest BCUT2D eigenvalue weighted by atomic mass is 10.2. The van der Waals surface area contributed by atoms with Gasteiger partial charge in [-0.3, -0.25) is 0 Å². The molecule has 3 N–H and O–H groups in total. The summed E-state index contributed by atoms with van der Waals surface area (Å²) in [6, 6.07) is 6.60. The second-order valence-electron chi connectivity index (χ2n) is 4.24. The lowest BCUT2D eigenvalue weighted by molar-refractivity contribution is 0.567. The minimum absolute atomic E-state index is 0.0924. The van der Waals surface area contributed by atoms with Crippen molar-refractivity contribution in [3.05, 3.63) is 58.6 Å². The van der Waals surface area contributed by atoms with E-state index >= 15 is 0 Å².